The van der Waals surface area contributed by atoms with E-state index in [1.165, 1.54) is 12.1 Å². The molecule has 1 N–H and O–H groups in total. The first-order valence-electron chi connectivity index (χ1n) is 5.68. The third-order valence-electron chi connectivity index (χ3n) is 3.78. The quantitative estimate of drug-likeness (QED) is 0.830. The van der Waals surface area contributed by atoms with Crippen molar-refractivity contribution in [1.29, 1.82) is 0 Å². The minimum absolute atomic E-state index is 0.249. The van der Waals surface area contributed by atoms with Gasteiger partial charge in [0.2, 0.25) is 0 Å². The lowest BCUT2D eigenvalue weighted by Gasteiger charge is -2.23. The molecule has 2 rings (SSSR count). The van der Waals surface area contributed by atoms with Gasteiger partial charge in [0.15, 0.2) is 11.6 Å². The summed E-state index contributed by atoms with van der Waals surface area (Å²) < 4.78 is 25.9. The summed E-state index contributed by atoms with van der Waals surface area (Å²) in [6.07, 6.45) is 3.15. The summed E-state index contributed by atoms with van der Waals surface area (Å²) in [6, 6.07) is 4.63. The topological polar surface area (TPSA) is 12.0 Å². The lowest BCUT2D eigenvalue weighted by Crippen LogP contribution is -2.33. The second-order valence-corrected chi connectivity index (χ2v) is 4.80. The molecule has 0 heterocycles. The Morgan fingerprint density at radius 2 is 2.00 bits per heavy atom. The smallest absolute Gasteiger partial charge is 0.159 e. The van der Waals surface area contributed by atoms with Gasteiger partial charge in [0.25, 0.3) is 0 Å². The maximum absolute atomic E-state index is 13.1. The molecule has 0 bridgehead atoms. The SMILES string of the molecule is CNC(C)C1(Cc2ccc(F)c(F)c2)CC1. The van der Waals surface area contributed by atoms with Gasteiger partial charge < -0.3 is 5.32 Å². The van der Waals surface area contributed by atoms with E-state index in [2.05, 4.69) is 12.2 Å². The molecule has 1 aromatic carbocycles. The number of hydrogen-bond donors (Lipinski definition) is 1. The van der Waals surface area contributed by atoms with Crippen LogP contribution in [0.1, 0.15) is 25.3 Å². The first-order valence-corrected chi connectivity index (χ1v) is 5.68. The summed E-state index contributed by atoms with van der Waals surface area (Å²) in [5.41, 5.74) is 1.14. The van der Waals surface area contributed by atoms with Crippen molar-refractivity contribution >= 4 is 0 Å². The van der Waals surface area contributed by atoms with Gasteiger partial charge in [0, 0.05) is 6.04 Å². The highest BCUT2D eigenvalue weighted by Crippen LogP contribution is 2.51. The van der Waals surface area contributed by atoms with Gasteiger partial charge in [0.05, 0.1) is 0 Å². The molecule has 1 aromatic rings. The monoisotopic (exact) mass is 225 g/mol. The van der Waals surface area contributed by atoms with Crippen molar-refractivity contribution in [3.05, 3.63) is 35.4 Å². The van der Waals surface area contributed by atoms with Crippen molar-refractivity contribution in [2.45, 2.75) is 32.2 Å². The molecule has 88 valence electrons. The normalized spacial score (nSPS) is 19.5. The van der Waals surface area contributed by atoms with E-state index in [0.717, 1.165) is 24.8 Å². The largest absolute Gasteiger partial charge is 0.317 e. The van der Waals surface area contributed by atoms with Crippen LogP contribution in [0.5, 0.6) is 0 Å². The van der Waals surface area contributed by atoms with Crippen LogP contribution >= 0.6 is 0 Å². The van der Waals surface area contributed by atoms with Gasteiger partial charge in [-0.25, -0.2) is 8.78 Å². The Labute approximate surface area is 94.9 Å². The lowest BCUT2D eigenvalue weighted by atomic mass is 9.90. The molecule has 1 nitrogen and oxygen atoms in total. The van der Waals surface area contributed by atoms with Crippen LogP contribution in [0.2, 0.25) is 0 Å². The summed E-state index contributed by atoms with van der Waals surface area (Å²) in [6.45, 7) is 2.15. The molecule has 1 unspecified atom stereocenters. The first kappa shape index (κ1) is 11.5. The van der Waals surface area contributed by atoms with E-state index in [1.807, 2.05) is 7.05 Å². The fraction of sp³-hybridized carbons (Fsp3) is 0.538. The molecule has 3 heteroatoms. The molecule has 0 aromatic heterocycles. The Hall–Kier alpha value is -0.960. The second-order valence-electron chi connectivity index (χ2n) is 4.80. The second kappa shape index (κ2) is 4.13. The van der Waals surface area contributed by atoms with Gasteiger partial charge in [-0.2, -0.15) is 0 Å². The van der Waals surface area contributed by atoms with E-state index < -0.39 is 11.6 Å². The number of hydrogen-bond acceptors (Lipinski definition) is 1. The van der Waals surface area contributed by atoms with Crippen LogP contribution < -0.4 is 5.32 Å². The summed E-state index contributed by atoms with van der Waals surface area (Å²) in [4.78, 5) is 0. The highest BCUT2D eigenvalue weighted by molar-refractivity contribution is 5.22. The van der Waals surface area contributed by atoms with Gasteiger partial charge in [-0.05, 0) is 56.3 Å². The van der Waals surface area contributed by atoms with Crippen molar-refractivity contribution in [3.63, 3.8) is 0 Å². The summed E-state index contributed by atoms with van der Waals surface area (Å²) in [5.74, 6) is -1.51. The minimum Gasteiger partial charge on any atom is -0.317 e. The van der Waals surface area contributed by atoms with Gasteiger partial charge in [0.1, 0.15) is 0 Å². The number of halogens is 2. The van der Waals surface area contributed by atoms with Gasteiger partial charge >= 0.3 is 0 Å². The van der Waals surface area contributed by atoms with Crippen LogP contribution in [-0.2, 0) is 6.42 Å². The third-order valence-corrected chi connectivity index (χ3v) is 3.78. The van der Waals surface area contributed by atoms with Gasteiger partial charge in [-0.3, -0.25) is 0 Å². The highest BCUT2D eigenvalue weighted by Gasteiger charge is 2.46. The third kappa shape index (κ3) is 2.09. The Bertz CT molecular complexity index is 386. The van der Waals surface area contributed by atoms with Crippen LogP contribution in [0, 0.1) is 17.0 Å². The van der Waals surface area contributed by atoms with Gasteiger partial charge in [-0.15, -0.1) is 0 Å². The fourth-order valence-electron chi connectivity index (χ4n) is 2.29. The zero-order chi connectivity index (χ0) is 11.8. The molecular weight excluding hydrogens is 208 g/mol. The van der Waals surface area contributed by atoms with E-state index in [0.29, 0.717) is 6.04 Å². The molecule has 1 aliphatic carbocycles. The first-order chi connectivity index (χ1) is 7.57. The van der Waals surface area contributed by atoms with Crippen molar-refractivity contribution in [3.8, 4) is 0 Å². The van der Waals surface area contributed by atoms with Crippen LogP contribution in [0.3, 0.4) is 0 Å². The van der Waals surface area contributed by atoms with Crippen molar-refractivity contribution in [2.24, 2.45) is 5.41 Å². The standard InChI is InChI=1S/C13H17F2N/c1-9(16-2)13(5-6-13)8-10-3-4-11(14)12(15)7-10/h3-4,7,9,16H,5-6,8H2,1-2H3. The zero-order valence-corrected chi connectivity index (χ0v) is 9.69. The summed E-state index contributed by atoms with van der Waals surface area (Å²) in [7, 11) is 1.94. The molecule has 1 atom stereocenters. The fourth-order valence-corrected chi connectivity index (χ4v) is 2.29. The Kier molecular flexibility index (Phi) is 2.98. The van der Waals surface area contributed by atoms with E-state index >= 15 is 0 Å². The van der Waals surface area contributed by atoms with E-state index in [1.54, 1.807) is 6.07 Å². The average Bonchev–Trinajstić information content (AvgIpc) is 3.03. The van der Waals surface area contributed by atoms with Gasteiger partial charge in [-0.1, -0.05) is 6.07 Å². The molecule has 1 fully saturated rings. The Morgan fingerprint density at radius 3 is 2.50 bits per heavy atom. The number of rotatable bonds is 4. The highest BCUT2D eigenvalue weighted by atomic mass is 19.2. The molecule has 1 aliphatic rings. The molecular formula is C13H17F2N. The molecule has 0 radical (unpaired) electrons. The molecule has 0 amide bonds. The Morgan fingerprint density at radius 1 is 1.31 bits per heavy atom. The van der Waals surface area contributed by atoms with Crippen molar-refractivity contribution in [2.75, 3.05) is 7.05 Å². The predicted octanol–water partition coefficient (Wildman–Crippen LogP) is 2.90. The summed E-state index contributed by atoms with van der Waals surface area (Å²) >= 11 is 0. The maximum atomic E-state index is 13.1. The van der Waals surface area contributed by atoms with Crippen molar-refractivity contribution < 1.29 is 8.78 Å². The lowest BCUT2D eigenvalue weighted by molar-refractivity contribution is 0.368. The Balaban J connectivity index is 2.12. The molecule has 0 aliphatic heterocycles. The predicted molar refractivity (Wildman–Crippen MR) is 60.3 cm³/mol. The number of nitrogens with one attached hydrogen (secondary N) is 1. The molecule has 0 saturated heterocycles. The van der Waals surface area contributed by atoms with E-state index in [9.17, 15) is 8.78 Å². The maximum Gasteiger partial charge on any atom is 0.159 e. The van der Waals surface area contributed by atoms with E-state index in [4.69, 9.17) is 0 Å². The van der Waals surface area contributed by atoms with Crippen molar-refractivity contribution in [1.82, 2.24) is 5.32 Å². The average molecular weight is 225 g/mol. The van der Waals surface area contributed by atoms with E-state index in [-0.39, 0.29) is 5.41 Å². The number of benzene rings is 1. The van der Waals surface area contributed by atoms with Crippen LogP contribution in [0.4, 0.5) is 8.78 Å². The minimum atomic E-state index is -0.768. The van der Waals surface area contributed by atoms with Crippen LogP contribution in [-0.4, -0.2) is 13.1 Å². The van der Waals surface area contributed by atoms with Crippen LogP contribution in [0.25, 0.3) is 0 Å². The molecule has 1 saturated carbocycles. The molecule has 0 spiro atoms. The zero-order valence-electron chi connectivity index (χ0n) is 9.69. The summed E-state index contributed by atoms with van der Waals surface area (Å²) in [5, 5.41) is 3.25. The molecule has 16 heavy (non-hydrogen) atoms. The van der Waals surface area contributed by atoms with Crippen LogP contribution in [0.15, 0.2) is 18.2 Å².